The first kappa shape index (κ1) is 15.0. The zero-order chi connectivity index (χ0) is 11.2. The van der Waals surface area contributed by atoms with E-state index < -0.39 is 0 Å². The van der Waals surface area contributed by atoms with Crippen molar-refractivity contribution in [2.45, 2.75) is 38.8 Å². The molecule has 1 aliphatic heterocycles. The van der Waals surface area contributed by atoms with Crippen molar-refractivity contribution in [1.29, 1.82) is 0 Å². The summed E-state index contributed by atoms with van der Waals surface area (Å²) in [5, 5.41) is 5.67. The second-order valence-corrected chi connectivity index (χ2v) is 5.51. The molecule has 2 rings (SSSR count). The fraction of sp³-hybridized carbons (Fsp3) is 0.692. The molecule has 1 saturated heterocycles. The number of halogens is 1. The normalized spacial score (nSPS) is 20.9. The summed E-state index contributed by atoms with van der Waals surface area (Å²) in [6.45, 7) is 6.98. The first-order valence-electron chi connectivity index (χ1n) is 6.37. The fourth-order valence-electron chi connectivity index (χ4n) is 2.47. The average molecular weight is 275 g/mol. The van der Waals surface area contributed by atoms with Gasteiger partial charge in [0.2, 0.25) is 0 Å². The van der Waals surface area contributed by atoms with E-state index in [0.717, 1.165) is 12.6 Å². The summed E-state index contributed by atoms with van der Waals surface area (Å²) in [5.41, 5.74) is 0. The molecular weight excluding hydrogens is 252 g/mol. The van der Waals surface area contributed by atoms with Crippen LogP contribution in [0.15, 0.2) is 17.5 Å². The highest BCUT2D eigenvalue weighted by atomic mass is 35.5. The molecule has 0 radical (unpaired) electrons. The molecular formula is C13H23ClN2S. The van der Waals surface area contributed by atoms with Crippen molar-refractivity contribution >= 4 is 23.7 Å². The lowest BCUT2D eigenvalue weighted by Gasteiger charge is -2.29. The van der Waals surface area contributed by atoms with E-state index in [2.05, 4.69) is 34.7 Å². The summed E-state index contributed by atoms with van der Waals surface area (Å²) in [5.74, 6) is 0. The van der Waals surface area contributed by atoms with Crippen LogP contribution in [-0.2, 0) is 6.54 Å². The number of nitrogens with one attached hydrogen (secondary N) is 1. The van der Waals surface area contributed by atoms with Gasteiger partial charge in [-0.05, 0) is 50.3 Å². The van der Waals surface area contributed by atoms with Gasteiger partial charge in [-0.25, -0.2) is 0 Å². The quantitative estimate of drug-likeness (QED) is 0.908. The van der Waals surface area contributed by atoms with Crippen LogP contribution in [0.5, 0.6) is 0 Å². The number of nitrogens with zero attached hydrogens (tertiary/aromatic N) is 1. The van der Waals surface area contributed by atoms with Crippen molar-refractivity contribution in [3.8, 4) is 0 Å². The van der Waals surface area contributed by atoms with Crippen LogP contribution in [0.3, 0.4) is 0 Å². The predicted octanol–water partition coefficient (Wildman–Crippen LogP) is 3.13. The maximum absolute atomic E-state index is 3.49. The first-order valence-corrected chi connectivity index (χ1v) is 7.25. The van der Waals surface area contributed by atoms with Crippen LogP contribution in [0.1, 0.15) is 31.1 Å². The van der Waals surface area contributed by atoms with Crippen LogP contribution in [0.25, 0.3) is 0 Å². The third-order valence-electron chi connectivity index (χ3n) is 3.41. The molecule has 2 heterocycles. The molecule has 1 unspecified atom stereocenters. The number of rotatable bonds is 4. The van der Waals surface area contributed by atoms with Crippen LogP contribution >= 0.6 is 23.7 Å². The summed E-state index contributed by atoms with van der Waals surface area (Å²) < 4.78 is 0. The molecule has 1 aliphatic rings. The Morgan fingerprint density at radius 1 is 1.41 bits per heavy atom. The van der Waals surface area contributed by atoms with Gasteiger partial charge in [0.15, 0.2) is 0 Å². The van der Waals surface area contributed by atoms with E-state index in [0.29, 0.717) is 0 Å². The molecule has 2 nitrogen and oxygen atoms in total. The summed E-state index contributed by atoms with van der Waals surface area (Å²) in [7, 11) is 0. The Kier molecular flexibility index (Phi) is 7.12. The molecule has 1 N–H and O–H groups in total. The highest BCUT2D eigenvalue weighted by Crippen LogP contribution is 2.18. The zero-order valence-electron chi connectivity index (χ0n) is 10.5. The van der Waals surface area contributed by atoms with Crippen LogP contribution in [0.4, 0.5) is 0 Å². The number of hydrogen-bond donors (Lipinski definition) is 1. The second-order valence-electron chi connectivity index (χ2n) is 4.48. The molecule has 98 valence electrons. The Morgan fingerprint density at radius 3 is 3.00 bits per heavy atom. The molecule has 1 aromatic heterocycles. The van der Waals surface area contributed by atoms with E-state index in [4.69, 9.17) is 0 Å². The smallest absolute Gasteiger partial charge is 0.0330 e. The summed E-state index contributed by atoms with van der Waals surface area (Å²) in [6.07, 6.45) is 3.98. The highest BCUT2D eigenvalue weighted by Gasteiger charge is 2.18. The molecule has 0 bridgehead atoms. The average Bonchev–Trinajstić information content (AvgIpc) is 2.67. The van der Waals surface area contributed by atoms with E-state index in [-0.39, 0.29) is 12.4 Å². The Labute approximate surface area is 115 Å². The van der Waals surface area contributed by atoms with Crippen LogP contribution < -0.4 is 5.32 Å². The molecule has 1 aromatic rings. The molecule has 17 heavy (non-hydrogen) atoms. The molecule has 0 amide bonds. The lowest BCUT2D eigenvalue weighted by molar-refractivity contribution is 0.184. The van der Waals surface area contributed by atoms with Crippen molar-refractivity contribution in [1.82, 2.24) is 10.2 Å². The minimum Gasteiger partial charge on any atom is -0.317 e. The van der Waals surface area contributed by atoms with Gasteiger partial charge in [-0.3, -0.25) is 4.90 Å². The lowest BCUT2D eigenvalue weighted by atomic mass is 10.1. The zero-order valence-corrected chi connectivity index (χ0v) is 12.2. The molecule has 4 heteroatoms. The van der Waals surface area contributed by atoms with Crippen molar-refractivity contribution in [2.75, 3.05) is 19.6 Å². The maximum Gasteiger partial charge on any atom is 0.0330 e. The van der Waals surface area contributed by atoms with E-state index in [9.17, 15) is 0 Å². The van der Waals surface area contributed by atoms with E-state index in [1.54, 1.807) is 0 Å². The van der Waals surface area contributed by atoms with E-state index >= 15 is 0 Å². The molecule has 1 atom stereocenters. The fourth-order valence-corrected chi connectivity index (χ4v) is 3.20. The van der Waals surface area contributed by atoms with Crippen LogP contribution in [-0.4, -0.2) is 30.6 Å². The van der Waals surface area contributed by atoms with E-state index in [1.165, 1.54) is 43.8 Å². The molecule has 0 aliphatic carbocycles. The molecule has 0 spiro atoms. The summed E-state index contributed by atoms with van der Waals surface area (Å²) in [6, 6.07) is 5.19. The SMILES string of the molecule is CCN(Cc1cccs1)C1CCCNCC1.Cl. The first-order chi connectivity index (χ1) is 7.90. The van der Waals surface area contributed by atoms with Gasteiger partial charge < -0.3 is 5.32 Å². The predicted molar refractivity (Wildman–Crippen MR) is 78.2 cm³/mol. The number of thiophene rings is 1. The largest absolute Gasteiger partial charge is 0.317 e. The Morgan fingerprint density at radius 2 is 2.29 bits per heavy atom. The van der Waals surface area contributed by atoms with Gasteiger partial charge in [-0.2, -0.15) is 0 Å². The second kappa shape index (κ2) is 8.09. The monoisotopic (exact) mass is 274 g/mol. The van der Waals surface area contributed by atoms with E-state index in [1.807, 2.05) is 11.3 Å². The van der Waals surface area contributed by atoms with Crippen molar-refractivity contribution in [3.63, 3.8) is 0 Å². The van der Waals surface area contributed by atoms with Crippen LogP contribution in [0, 0.1) is 0 Å². The highest BCUT2D eigenvalue weighted by molar-refractivity contribution is 7.09. The number of hydrogen-bond acceptors (Lipinski definition) is 3. The summed E-state index contributed by atoms with van der Waals surface area (Å²) in [4.78, 5) is 4.14. The van der Waals surface area contributed by atoms with Gasteiger partial charge in [0.05, 0.1) is 0 Å². The Hall–Kier alpha value is -0.0900. The minimum atomic E-state index is 0. The molecule has 0 saturated carbocycles. The van der Waals surface area contributed by atoms with Gasteiger partial charge in [0, 0.05) is 17.5 Å². The maximum atomic E-state index is 3.49. The van der Waals surface area contributed by atoms with Gasteiger partial charge >= 0.3 is 0 Å². The minimum absolute atomic E-state index is 0. The topological polar surface area (TPSA) is 15.3 Å². The molecule has 1 fully saturated rings. The van der Waals surface area contributed by atoms with Gasteiger partial charge in [-0.15, -0.1) is 23.7 Å². The van der Waals surface area contributed by atoms with Gasteiger partial charge in [-0.1, -0.05) is 13.0 Å². The third-order valence-corrected chi connectivity index (χ3v) is 4.27. The van der Waals surface area contributed by atoms with Crippen molar-refractivity contribution in [2.24, 2.45) is 0 Å². The standard InChI is InChI=1S/C13H22N2S.ClH/c1-2-15(11-13-6-4-10-16-13)12-5-3-8-14-9-7-12;/h4,6,10,12,14H,2-3,5,7-9,11H2,1H3;1H. The third kappa shape index (κ3) is 4.59. The lowest BCUT2D eigenvalue weighted by Crippen LogP contribution is -2.35. The Balaban J connectivity index is 0.00000144. The van der Waals surface area contributed by atoms with Crippen LogP contribution in [0.2, 0.25) is 0 Å². The molecule has 0 aromatic carbocycles. The van der Waals surface area contributed by atoms with Gasteiger partial charge in [0.1, 0.15) is 0 Å². The Bertz CT molecular complexity index is 282. The van der Waals surface area contributed by atoms with Crippen molar-refractivity contribution in [3.05, 3.63) is 22.4 Å². The van der Waals surface area contributed by atoms with Gasteiger partial charge in [0.25, 0.3) is 0 Å². The van der Waals surface area contributed by atoms with Crippen molar-refractivity contribution < 1.29 is 0 Å². The summed E-state index contributed by atoms with van der Waals surface area (Å²) >= 11 is 1.88.